The maximum Gasteiger partial charge on any atom is 0.421 e. The molecule has 4 nitrogen and oxygen atoms in total. The molecular formula is C5H6ClNO3. The summed E-state index contributed by atoms with van der Waals surface area (Å²) in [7, 11) is 1.14. The minimum absolute atomic E-state index is 0.543. The first-order valence-corrected chi connectivity index (χ1v) is 2.70. The minimum atomic E-state index is -0.943. The molecule has 0 aromatic rings. The molecule has 0 aliphatic rings. The first kappa shape index (κ1) is 8.97. The average molecular weight is 164 g/mol. The molecule has 0 aromatic heterocycles. The summed E-state index contributed by atoms with van der Waals surface area (Å²) in [6, 6.07) is 0. The van der Waals surface area contributed by atoms with Crippen molar-refractivity contribution in [2.24, 2.45) is 0 Å². The number of carbonyl (C=O) groups is 2. The maximum absolute atomic E-state index is 10.5. The fourth-order valence-corrected chi connectivity index (χ4v) is 0.454. The van der Waals surface area contributed by atoms with Gasteiger partial charge in [-0.2, -0.15) is 0 Å². The van der Waals surface area contributed by atoms with Crippen molar-refractivity contribution in [3.05, 3.63) is 12.8 Å². The van der Waals surface area contributed by atoms with Crippen LogP contribution < -0.4 is 0 Å². The first-order chi connectivity index (χ1) is 4.63. The lowest BCUT2D eigenvalue weighted by Gasteiger charge is -2.08. The zero-order valence-electron chi connectivity index (χ0n) is 5.33. The van der Waals surface area contributed by atoms with Crippen molar-refractivity contribution in [3.63, 3.8) is 0 Å². The highest BCUT2D eigenvalue weighted by Gasteiger charge is 2.15. The van der Waals surface area contributed by atoms with Gasteiger partial charge in [-0.05, 0) is 11.6 Å². The number of hydrogen-bond acceptors (Lipinski definition) is 3. The average Bonchev–Trinajstić information content (AvgIpc) is 1.88. The summed E-state index contributed by atoms with van der Waals surface area (Å²) < 4.78 is 4.18. The molecule has 0 aliphatic heterocycles. The topological polar surface area (TPSA) is 46.6 Å². The van der Waals surface area contributed by atoms with Crippen LogP contribution >= 0.6 is 11.6 Å². The Hall–Kier alpha value is -1.03. The molecule has 0 aromatic carbocycles. The third kappa shape index (κ3) is 2.06. The molecule has 56 valence electrons. The largest absolute Gasteiger partial charge is 0.452 e. The third-order valence-corrected chi connectivity index (χ3v) is 0.925. The van der Waals surface area contributed by atoms with E-state index >= 15 is 0 Å². The second kappa shape index (κ2) is 3.90. The van der Waals surface area contributed by atoms with Gasteiger partial charge in [0.15, 0.2) is 0 Å². The van der Waals surface area contributed by atoms with E-state index in [-0.39, 0.29) is 0 Å². The third-order valence-electron chi connectivity index (χ3n) is 0.743. The number of halogens is 1. The Bertz CT molecular complexity index is 168. The number of hydrogen-bond donors (Lipinski definition) is 0. The van der Waals surface area contributed by atoms with Gasteiger partial charge in [-0.15, -0.1) is 0 Å². The van der Waals surface area contributed by atoms with Crippen LogP contribution in [0.3, 0.4) is 0 Å². The Morgan fingerprint density at radius 1 is 1.70 bits per heavy atom. The number of imide groups is 1. The lowest BCUT2D eigenvalue weighted by atomic mass is 10.8. The molecule has 0 N–H and O–H groups in total. The summed E-state index contributed by atoms with van der Waals surface area (Å²) in [6.07, 6.45) is 0.122. The van der Waals surface area contributed by atoms with E-state index in [1.807, 2.05) is 0 Å². The van der Waals surface area contributed by atoms with E-state index in [0.717, 1.165) is 13.3 Å². The highest BCUT2D eigenvalue weighted by Crippen LogP contribution is 1.98. The Kier molecular flexibility index (Phi) is 3.49. The number of nitrogens with zero attached hydrogens (tertiary/aromatic N) is 1. The maximum atomic E-state index is 10.5. The van der Waals surface area contributed by atoms with Crippen molar-refractivity contribution in [2.45, 2.75) is 0 Å². The molecule has 0 atom stereocenters. The molecule has 0 saturated heterocycles. The van der Waals surface area contributed by atoms with Crippen LogP contribution in [0.15, 0.2) is 12.8 Å². The van der Waals surface area contributed by atoms with Gasteiger partial charge in [0.05, 0.1) is 7.11 Å². The predicted octanol–water partition coefficient (Wildman–Crippen LogP) is 1.56. The number of rotatable bonds is 1. The molecule has 0 spiro atoms. The molecule has 0 aliphatic carbocycles. The van der Waals surface area contributed by atoms with Gasteiger partial charge in [0.25, 0.3) is 0 Å². The molecule has 0 saturated carbocycles. The van der Waals surface area contributed by atoms with Gasteiger partial charge in [-0.25, -0.2) is 9.69 Å². The summed E-state index contributed by atoms with van der Waals surface area (Å²) in [5.41, 5.74) is 0. The smallest absolute Gasteiger partial charge is 0.421 e. The second-order valence-electron chi connectivity index (χ2n) is 1.28. The van der Waals surface area contributed by atoms with Crippen LogP contribution in [0.5, 0.6) is 0 Å². The quantitative estimate of drug-likeness (QED) is 0.435. The lowest BCUT2D eigenvalue weighted by molar-refractivity contribution is 0.148. The summed E-state index contributed by atoms with van der Waals surface area (Å²) in [6.45, 7) is 3.17. The van der Waals surface area contributed by atoms with E-state index in [0.29, 0.717) is 4.90 Å². The molecule has 5 heteroatoms. The molecule has 0 unspecified atom stereocenters. The summed E-state index contributed by atoms with van der Waals surface area (Å²) in [5, 5.41) is -0.943. The van der Waals surface area contributed by atoms with E-state index in [1.165, 1.54) is 0 Å². The van der Waals surface area contributed by atoms with Crippen molar-refractivity contribution < 1.29 is 14.3 Å². The Balaban J connectivity index is 4.20. The predicted molar refractivity (Wildman–Crippen MR) is 35.7 cm³/mol. The van der Waals surface area contributed by atoms with E-state index in [9.17, 15) is 9.59 Å². The molecule has 10 heavy (non-hydrogen) atoms. The fraction of sp³-hybridized carbons (Fsp3) is 0.200. The van der Waals surface area contributed by atoms with Gasteiger partial charge in [-0.3, -0.25) is 4.79 Å². The molecule has 0 fully saturated rings. The highest BCUT2D eigenvalue weighted by molar-refractivity contribution is 6.64. The van der Waals surface area contributed by atoms with E-state index in [2.05, 4.69) is 11.3 Å². The monoisotopic (exact) mass is 163 g/mol. The van der Waals surface area contributed by atoms with Gasteiger partial charge < -0.3 is 4.74 Å². The number of ether oxygens (including phenoxy) is 1. The van der Waals surface area contributed by atoms with E-state index in [1.54, 1.807) is 0 Å². The van der Waals surface area contributed by atoms with Crippen LogP contribution in [0.4, 0.5) is 9.59 Å². The number of methoxy groups -OCH3 is 1. The van der Waals surface area contributed by atoms with Crippen LogP contribution in [-0.4, -0.2) is 23.5 Å². The van der Waals surface area contributed by atoms with Crippen LogP contribution in [0, 0.1) is 0 Å². The zero-order chi connectivity index (χ0) is 8.15. The standard InChI is InChI=1S/C5H6ClNO3/c1-3-7(4(6)8)5(9)10-2/h3H,1H2,2H3. The summed E-state index contributed by atoms with van der Waals surface area (Å²) >= 11 is 4.93. The van der Waals surface area contributed by atoms with Crippen molar-refractivity contribution in [3.8, 4) is 0 Å². The number of amides is 2. The van der Waals surface area contributed by atoms with Crippen molar-refractivity contribution in [1.82, 2.24) is 4.90 Å². The van der Waals surface area contributed by atoms with Gasteiger partial charge in [0, 0.05) is 6.20 Å². The van der Waals surface area contributed by atoms with Gasteiger partial charge >= 0.3 is 11.5 Å². The van der Waals surface area contributed by atoms with Gasteiger partial charge in [0.1, 0.15) is 0 Å². The number of carbonyl (C=O) groups excluding carboxylic acids is 2. The SMILES string of the molecule is C=CN(C(=O)Cl)C(=O)OC. The van der Waals surface area contributed by atoms with Crippen molar-refractivity contribution >= 4 is 23.1 Å². The van der Waals surface area contributed by atoms with Crippen LogP contribution in [0.25, 0.3) is 0 Å². The van der Waals surface area contributed by atoms with E-state index < -0.39 is 11.5 Å². The second-order valence-corrected chi connectivity index (χ2v) is 1.60. The Morgan fingerprint density at radius 2 is 2.20 bits per heavy atom. The first-order valence-electron chi connectivity index (χ1n) is 2.32. The van der Waals surface area contributed by atoms with Crippen molar-refractivity contribution in [2.75, 3.05) is 7.11 Å². The molecule has 2 amide bonds. The summed E-state index contributed by atoms with van der Waals surface area (Å²) in [5.74, 6) is 0. The molecule has 0 bridgehead atoms. The lowest BCUT2D eigenvalue weighted by Crippen LogP contribution is -2.27. The zero-order valence-corrected chi connectivity index (χ0v) is 6.09. The van der Waals surface area contributed by atoms with E-state index in [4.69, 9.17) is 11.6 Å². The van der Waals surface area contributed by atoms with Crippen molar-refractivity contribution in [1.29, 1.82) is 0 Å². The molecule has 0 heterocycles. The normalized spacial score (nSPS) is 8.20. The Labute approximate surface area is 63.0 Å². The molecule has 0 rings (SSSR count). The minimum Gasteiger partial charge on any atom is -0.452 e. The fourth-order valence-electron chi connectivity index (χ4n) is 0.316. The van der Waals surface area contributed by atoms with Crippen LogP contribution in [0.1, 0.15) is 0 Å². The highest BCUT2D eigenvalue weighted by atomic mass is 35.5. The summed E-state index contributed by atoms with van der Waals surface area (Å²) in [4.78, 5) is 21.3. The van der Waals surface area contributed by atoms with Crippen LogP contribution in [0.2, 0.25) is 0 Å². The van der Waals surface area contributed by atoms with Gasteiger partial charge in [-0.1, -0.05) is 6.58 Å². The molecular weight excluding hydrogens is 158 g/mol. The Morgan fingerprint density at radius 3 is 2.30 bits per heavy atom. The molecule has 0 radical (unpaired) electrons. The van der Waals surface area contributed by atoms with Crippen LogP contribution in [-0.2, 0) is 4.74 Å². The van der Waals surface area contributed by atoms with Gasteiger partial charge in [0.2, 0.25) is 0 Å².